The number of benzene rings is 1. The van der Waals surface area contributed by atoms with Crippen molar-refractivity contribution in [3.05, 3.63) is 70.1 Å². The summed E-state index contributed by atoms with van der Waals surface area (Å²) in [4.78, 5) is 24.0. The van der Waals surface area contributed by atoms with E-state index < -0.39 is 19.8 Å². The predicted octanol–water partition coefficient (Wildman–Crippen LogP) is 4.16. The van der Waals surface area contributed by atoms with Gasteiger partial charge in [-0.2, -0.15) is 0 Å². The van der Waals surface area contributed by atoms with Gasteiger partial charge < -0.3 is 14.1 Å². The molecule has 0 aliphatic carbocycles. The fraction of sp³-hybridized carbons (Fsp3) is 0.400. The molecule has 5 nitrogen and oxygen atoms in total. The van der Waals surface area contributed by atoms with E-state index in [0.717, 1.165) is 5.56 Å². The number of hydrogen-bond donors (Lipinski definition) is 1. The van der Waals surface area contributed by atoms with E-state index in [-0.39, 0.29) is 16.6 Å². The van der Waals surface area contributed by atoms with Crippen molar-refractivity contribution in [2.75, 3.05) is 6.61 Å². The average molecular weight is 374 g/mol. The van der Waals surface area contributed by atoms with Gasteiger partial charge in [0.2, 0.25) is 0 Å². The quantitative estimate of drug-likeness (QED) is 0.772. The lowest BCUT2D eigenvalue weighted by atomic mass is 10.1. The fourth-order valence-electron chi connectivity index (χ4n) is 2.43. The van der Waals surface area contributed by atoms with Gasteiger partial charge in [-0.1, -0.05) is 51.1 Å². The van der Waals surface area contributed by atoms with Crippen molar-refractivity contribution in [3.8, 4) is 0 Å². The lowest BCUT2D eigenvalue weighted by Gasteiger charge is -2.37. The van der Waals surface area contributed by atoms with E-state index >= 15 is 0 Å². The van der Waals surface area contributed by atoms with Crippen molar-refractivity contribution >= 4 is 14.3 Å². The van der Waals surface area contributed by atoms with Crippen LogP contribution in [0.4, 0.5) is 0 Å². The summed E-state index contributed by atoms with van der Waals surface area (Å²) in [7, 11) is -2.02. The van der Waals surface area contributed by atoms with Gasteiger partial charge in [-0.25, -0.2) is 4.79 Å². The Morgan fingerprint density at radius 1 is 1.15 bits per heavy atom. The standard InChI is InChI=1S/C20H27NO4Si/c1-20(2,3)26(4,5)25-14-17(15-10-7-6-8-11-15)21-13-9-12-16(18(21)22)19(23)24/h6-13,17H,14H2,1-5H3,(H,23,24)/t17-/m0/s1. The van der Waals surface area contributed by atoms with Crippen LogP contribution in [0.2, 0.25) is 18.1 Å². The Morgan fingerprint density at radius 3 is 2.31 bits per heavy atom. The van der Waals surface area contributed by atoms with Gasteiger partial charge in [0, 0.05) is 6.20 Å². The number of carboxylic acid groups (broad SMARTS) is 1. The summed E-state index contributed by atoms with van der Waals surface area (Å²) >= 11 is 0. The second-order valence-electron chi connectivity index (χ2n) is 7.94. The maximum atomic E-state index is 12.7. The first-order valence-electron chi connectivity index (χ1n) is 8.68. The molecule has 1 atom stereocenters. The van der Waals surface area contributed by atoms with Crippen LogP contribution in [0.5, 0.6) is 0 Å². The molecule has 0 radical (unpaired) electrons. The first kappa shape index (κ1) is 20.1. The van der Waals surface area contributed by atoms with Gasteiger partial charge >= 0.3 is 5.97 Å². The summed E-state index contributed by atoms with van der Waals surface area (Å²) in [6, 6.07) is 12.1. The molecule has 2 aromatic rings. The van der Waals surface area contributed by atoms with Gasteiger partial charge in [-0.3, -0.25) is 4.79 Å². The molecule has 0 spiro atoms. The zero-order valence-electron chi connectivity index (χ0n) is 16.0. The Balaban J connectivity index is 2.46. The smallest absolute Gasteiger partial charge is 0.341 e. The highest BCUT2D eigenvalue weighted by Gasteiger charge is 2.38. The zero-order chi connectivity index (χ0) is 19.5. The van der Waals surface area contributed by atoms with Gasteiger partial charge in [0.15, 0.2) is 8.32 Å². The summed E-state index contributed by atoms with van der Waals surface area (Å²) in [6.07, 6.45) is 1.63. The van der Waals surface area contributed by atoms with Crippen LogP contribution in [0.25, 0.3) is 0 Å². The third-order valence-corrected chi connectivity index (χ3v) is 9.63. The van der Waals surface area contributed by atoms with E-state index in [2.05, 4.69) is 33.9 Å². The number of nitrogens with zero attached hydrogens (tertiary/aromatic N) is 1. The maximum absolute atomic E-state index is 12.7. The molecule has 26 heavy (non-hydrogen) atoms. The minimum atomic E-state index is -2.02. The third kappa shape index (κ3) is 4.31. The van der Waals surface area contributed by atoms with Gasteiger partial charge in [0.1, 0.15) is 5.56 Å². The molecule has 1 aromatic heterocycles. The largest absolute Gasteiger partial charge is 0.477 e. The molecule has 2 rings (SSSR count). The number of rotatable bonds is 6. The molecule has 0 saturated carbocycles. The monoisotopic (exact) mass is 373 g/mol. The Labute approximate surface area is 155 Å². The summed E-state index contributed by atoms with van der Waals surface area (Å²) in [6.45, 7) is 11.1. The van der Waals surface area contributed by atoms with Crippen molar-refractivity contribution in [1.29, 1.82) is 0 Å². The number of aromatic carboxylic acids is 1. The number of carbonyl (C=O) groups is 1. The van der Waals surface area contributed by atoms with E-state index in [1.54, 1.807) is 12.3 Å². The maximum Gasteiger partial charge on any atom is 0.341 e. The van der Waals surface area contributed by atoms with Gasteiger partial charge in [0.05, 0.1) is 12.6 Å². The molecule has 1 heterocycles. The summed E-state index contributed by atoms with van der Waals surface area (Å²) < 4.78 is 7.82. The summed E-state index contributed by atoms with van der Waals surface area (Å²) in [5, 5.41) is 9.31. The summed E-state index contributed by atoms with van der Waals surface area (Å²) in [5.41, 5.74) is 0.157. The Kier molecular flexibility index (Phi) is 5.88. The predicted molar refractivity (Wildman–Crippen MR) is 105 cm³/mol. The lowest BCUT2D eigenvalue weighted by Crippen LogP contribution is -2.43. The summed E-state index contributed by atoms with van der Waals surface area (Å²) in [5.74, 6) is -1.22. The first-order chi connectivity index (χ1) is 12.0. The molecule has 0 bridgehead atoms. The van der Waals surface area contributed by atoms with Crippen molar-refractivity contribution in [1.82, 2.24) is 4.57 Å². The Hall–Kier alpha value is -2.18. The molecule has 0 amide bonds. The van der Waals surface area contributed by atoms with Crippen molar-refractivity contribution in [3.63, 3.8) is 0 Å². The minimum Gasteiger partial charge on any atom is -0.477 e. The second-order valence-corrected chi connectivity index (χ2v) is 12.7. The zero-order valence-corrected chi connectivity index (χ0v) is 17.0. The number of carboxylic acids is 1. The minimum absolute atomic E-state index is 0.0438. The molecule has 0 aliphatic rings. The van der Waals surface area contributed by atoms with Gasteiger partial charge in [-0.15, -0.1) is 0 Å². The van der Waals surface area contributed by atoms with Crippen LogP contribution in [0, 0.1) is 0 Å². The van der Waals surface area contributed by atoms with Crippen LogP contribution >= 0.6 is 0 Å². The van der Waals surface area contributed by atoms with Crippen LogP contribution in [0.15, 0.2) is 53.5 Å². The van der Waals surface area contributed by atoms with Crippen LogP contribution in [0.1, 0.15) is 42.7 Å². The molecule has 0 aliphatic heterocycles. The SMILES string of the molecule is CC(C)(C)[Si](C)(C)OC[C@@H](c1ccccc1)n1cccc(C(=O)O)c1=O. The van der Waals surface area contributed by atoms with E-state index in [1.165, 1.54) is 10.6 Å². The fourth-order valence-corrected chi connectivity index (χ4v) is 3.44. The van der Waals surface area contributed by atoms with Crippen LogP contribution < -0.4 is 5.56 Å². The highest BCUT2D eigenvalue weighted by molar-refractivity contribution is 6.74. The average Bonchev–Trinajstić information content (AvgIpc) is 2.56. The molecule has 140 valence electrons. The van der Waals surface area contributed by atoms with Crippen LogP contribution in [-0.4, -0.2) is 30.6 Å². The molecular formula is C20H27NO4Si. The van der Waals surface area contributed by atoms with Gasteiger partial charge in [-0.05, 0) is 35.8 Å². The molecule has 0 fully saturated rings. The highest BCUT2D eigenvalue weighted by atomic mass is 28.4. The number of aromatic nitrogens is 1. The van der Waals surface area contributed by atoms with Crippen molar-refractivity contribution < 1.29 is 14.3 Å². The van der Waals surface area contributed by atoms with E-state index in [0.29, 0.717) is 6.61 Å². The molecule has 1 aromatic carbocycles. The van der Waals surface area contributed by atoms with Gasteiger partial charge in [0.25, 0.3) is 5.56 Å². The third-order valence-electron chi connectivity index (χ3n) is 5.13. The Bertz CT molecular complexity index is 822. The first-order valence-corrected chi connectivity index (χ1v) is 11.6. The molecule has 0 saturated heterocycles. The van der Waals surface area contributed by atoms with Crippen molar-refractivity contribution in [2.24, 2.45) is 0 Å². The molecule has 0 unspecified atom stereocenters. The van der Waals surface area contributed by atoms with E-state index in [1.807, 2.05) is 30.3 Å². The molecular weight excluding hydrogens is 346 g/mol. The highest BCUT2D eigenvalue weighted by Crippen LogP contribution is 2.37. The van der Waals surface area contributed by atoms with Crippen LogP contribution in [-0.2, 0) is 4.43 Å². The molecule has 6 heteroatoms. The van der Waals surface area contributed by atoms with E-state index in [4.69, 9.17) is 4.43 Å². The number of pyridine rings is 1. The Morgan fingerprint density at radius 2 is 1.77 bits per heavy atom. The molecule has 1 N–H and O–H groups in total. The lowest BCUT2D eigenvalue weighted by molar-refractivity contribution is 0.0693. The van der Waals surface area contributed by atoms with Crippen molar-refractivity contribution in [2.45, 2.75) is 44.9 Å². The topological polar surface area (TPSA) is 68.5 Å². The van der Waals surface area contributed by atoms with Crippen LogP contribution in [0.3, 0.4) is 0 Å². The van der Waals surface area contributed by atoms with E-state index in [9.17, 15) is 14.7 Å². The second kappa shape index (κ2) is 7.59. The normalized spacial score (nSPS) is 13.4. The number of hydrogen-bond acceptors (Lipinski definition) is 3.